The molecule has 9 nitrogen and oxygen atoms in total. The highest BCUT2D eigenvalue weighted by Crippen LogP contribution is 2.23. The van der Waals surface area contributed by atoms with Crippen molar-refractivity contribution in [2.75, 3.05) is 45.8 Å². The Morgan fingerprint density at radius 3 is 2.11 bits per heavy atom. The predicted molar refractivity (Wildman–Crippen MR) is 106 cm³/mol. The van der Waals surface area contributed by atoms with Gasteiger partial charge in [0, 0.05) is 45.8 Å². The molecule has 2 rings (SSSR count). The number of hydrogen-bond acceptors (Lipinski definition) is 5. The lowest BCUT2D eigenvalue weighted by atomic mass is 10.1. The van der Waals surface area contributed by atoms with Crippen molar-refractivity contribution in [2.24, 2.45) is 0 Å². The number of hydrogen-bond donors (Lipinski definition) is 0. The first-order valence-electron chi connectivity index (χ1n) is 10.0. The standard InChI is InChI=1S/C18H34N4O5S/c1-6-20(7-2)28(25,26)21-13-11-19(12-14-21)16(23)15-9-8-10-22(15)17(24)27-18(3,4)5/h15H,6-14H2,1-5H3. The quantitative estimate of drug-likeness (QED) is 0.667. The van der Waals surface area contributed by atoms with Crippen molar-refractivity contribution >= 4 is 22.2 Å². The van der Waals surface area contributed by atoms with E-state index in [1.165, 1.54) is 13.5 Å². The molecule has 28 heavy (non-hydrogen) atoms. The first-order valence-corrected chi connectivity index (χ1v) is 11.4. The van der Waals surface area contributed by atoms with E-state index in [0.29, 0.717) is 39.1 Å². The summed E-state index contributed by atoms with van der Waals surface area (Å²) in [4.78, 5) is 28.6. The van der Waals surface area contributed by atoms with Gasteiger partial charge in [-0.2, -0.15) is 17.0 Å². The van der Waals surface area contributed by atoms with Crippen molar-refractivity contribution in [3.63, 3.8) is 0 Å². The molecule has 2 fully saturated rings. The van der Waals surface area contributed by atoms with Crippen molar-refractivity contribution in [3.8, 4) is 0 Å². The minimum atomic E-state index is -3.49. The molecule has 10 heteroatoms. The molecular formula is C18H34N4O5S. The number of carbonyl (C=O) groups excluding carboxylic acids is 2. The molecule has 2 aliphatic rings. The number of piperazine rings is 1. The van der Waals surface area contributed by atoms with Gasteiger partial charge in [-0.15, -0.1) is 0 Å². The van der Waals surface area contributed by atoms with Crippen molar-refractivity contribution in [3.05, 3.63) is 0 Å². The van der Waals surface area contributed by atoms with Crippen LogP contribution in [0.5, 0.6) is 0 Å². The summed E-state index contributed by atoms with van der Waals surface area (Å²) < 4.78 is 33.5. The van der Waals surface area contributed by atoms with E-state index >= 15 is 0 Å². The fourth-order valence-electron chi connectivity index (χ4n) is 3.63. The van der Waals surface area contributed by atoms with Gasteiger partial charge in [-0.05, 0) is 33.6 Å². The Balaban J connectivity index is 1.98. The fraction of sp³-hybridized carbons (Fsp3) is 0.889. The van der Waals surface area contributed by atoms with Crippen molar-refractivity contribution in [2.45, 2.75) is 59.1 Å². The van der Waals surface area contributed by atoms with Crippen LogP contribution in [0.4, 0.5) is 4.79 Å². The van der Waals surface area contributed by atoms with Gasteiger partial charge < -0.3 is 9.64 Å². The number of amides is 2. The van der Waals surface area contributed by atoms with Gasteiger partial charge in [-0.25, -0.2) is 4.79 Å². The van der Waals surface area contributed by atoms with Crippen LogP contribution in [0.3, 0.4) is 0 Å². The Labute approximate surface area is 168 Å². The van der Waals surface area contributed by atoms with Crippen LogP contribution in [0, 0.1) is 0 Å². The zero-order chi connectivity index (χ0) is 21.1. The minimum absolute atomic E-state index is 0.122. The maximum Gasteiger partial charge on any atom is 0.410 e. The second kappa shape index (κ2) is 8.96. The topological polar surface area (TPSA) is 90.5 Å². The summed E-state index contributed by atoms with van der Waals surface area (Å²) in [6, 6.07) is -0.527. The zero-order valence-electron chi connectivity index (χ0n) is 17.7. The molecule has 2 aliphatic heterocycles. The molecule has 1 unspecified atom stereocenters. The van der Waals surface area contributed by atoms with E-state index in [-0.39, 0.29) is 19.0 Å². The molecule has 1 atom stereocenters. The minimum Gasteiger partial charge on any atom is -0.444 e. The van der Waals surface area contributed by atoms with Gasteiger partial charge in [0.2, 0.25) is 5.91 Å². The number of nitrogens with zero attached hydrogens (tertiary/aromatic N) is 4. The number of ether oxygens (including phenoxy) is 1. The lowest BCUT2D eigenvalue weighted by molar-refractivity contribution is -0.137. The first kappa shape index (κ1) is 22.9. The summed E-state index contributed by atoms with van der Waals surface area (Å²) in [6.45, 7) is 11.6. The normalized spacial score (nSPS) is 22.0. The third kappa shape index (κ3) is 5.15. The first-order chi connectivity index (χ1) is 13.0. The molecule has 2 heterocycles. The fourth-order valence-corrected chi connectivity index (χ4v) is 5.23. The van der Waals surface area contributed by atoms with Crippen LogP contribution in [-0.2, 0) is 19.7 Å². The van der Waals surface area contributed by atoms with Gasteiger partial charge in [-0.1, -0.05) is 13.8 Å². The van der Waals surface area contributed by atoms with Crippen molar-refractivity contribution in [1.29, 1.82) is 0 Å². The molecule has 2 saturated heterocycles. The second-order valence-corrected chi connectivity index (χ2v) is 10.1. The van der Waals surface area contributed by atoms with Crippen LogP contribution in [0.25, 0.3) is 0 Å². The second-order valence-electron chi connectivity index (χ2n) is 8.15. The molecule has 0 radical (unpaired) electrons. The average molecular weight is 419 g/mol. The zero-order valence-corrected chi connectivity index (χ0v) is 18.5. The summed E-state index contributed by atoms with van der Waals surface area (Å²) in [5, 5.41) is 0. The Morgan fingerprint density at radius 2 is 1.61 bits per heavy atom. The molecule has 2 amide bonds. The molecule has 0 aromatic heterocycles. The van der Waals surface area contributed by atoms with Crippen LogP contribution in [0.15, 0.2) is 0 Å². The summed E-state index contributed by atoms with van der Waals surface area (Å²) in [7, 11) is -3.49. The maximum atomic E-state index is 13.0. The van der Waals surface area contributed by atoms with E-state index in [0.717, 1.165) is 6.42 Å². The molecule has 0 aromatic rings. The molecule has 0 saturated carbocycles. The van der Waals surface area contributed by atoms with Gasteiger partial charge in [-0.3, -0.25) is 9.69 Å². The molecule has 0 aromatic carbocycles. The van der Waals surface area contributed by atoms with Gasteiger partial charge in [0.1, 0.15) is 11.6 Å². The lowest BCUT2D eigenvalue weighted by Gasteiger charge is -2.38. The van der Waals surface area contributed by atoms with E-state index < -0.39 is 27.9 Å². The molecule has 0 spiro atoms. The van der Waals surface area contributed by atoms with Crippen LogP contribution in [0.2, 0.25) is 0 Å². The largest absolute Gasteiger partial charge is 0.444 e. The molecule has 0 aliphatic carbocycles. The van der Waals surface area contributed by atoms with Gasteiger partial charge >= 0.3 is 6.09 Å². The van der Waals surface area contributed by atoms with E-state index in [1.807, 2.05) is 13.8 Å². The Morgan fingerprint density at radius 1 is 1.04 bits per heavy atom. The Hall–Kier alpha value is -1.39. The summed E-state index contributed by atoms with van der Waals surface area (Å²) >= 11 is 0. The number of likely N-dealkylation sites (tertiary alicyclic amines) is 1. The van der Waals surface area contributed by atoms with E-state index in [9.17, 15) is 18.0 Å². The van der Waals surface area contributed by atoms with Gasteiger partial charge in [0.25, 0.3) is 10.2 Å². The van der Waals surface area contributed by atoms with E-state index in [2.05, 4.69) is 0 Å². The molecule has 0 N–H and O–H groups in total. The number of carbonyl (C=O) groups is 2. The summed E-state index contributed by atoms with van der Waals surface area (Å²) in [5.74, 6) is -0.122. The highest BCUT2D eigenvalue weighted by molar-refractivity contribution is 7.86. The average Bonchev–Trinajstić information content (AvgIpc) is 3.10. The van der Waals surface area contributed by atoms with E-state index in [4.69, 9.17) is 4.74 Å². The van der Waals surface area contributed by atoms with Gasteiger partial charge in [0.15, 0.2) is 0 Å². The summed E-state index contributed by atoms with van der Waals surface area (Å²) in [5.41, 5.74) is -0.613. The monoisotopic (exact) mass is 418 g/mol. The third-order valence-electron chi connectivity index (χ3n) is 5.07. The van der Waals surface area contributed by atoms with Crippen molar-refractivity contribution in [1.82, 2.24) is 18.4 Å². The molecule has 162 valence electrons. The van der Waals surface area contributed by atoms with E-state index in [1.54, 1.807) is 25.7 Å². The third-order valence-corrected chi connectivity index (χ3v) is 7.26. The highest BCUT2D eigenvalue weighted by atomic mass is 32.2. The highest BCUT2D eigenvalue weighted by Gasteiger charge is 2.40. The SMILES string of the molecule is CCN(CC)S(=O)(=O)N1CCN(C(=O)C2CCCN2C(=O)OC(C)(C)C)CC1. The summed E-state index contributed by atoms with van der Waals surface area (Å²) in [6.07, 6.45) is 0.897. The van der Waals surface area contributed by atoms with Crippen molar-refractivity contribution < 1.29 is 22.7 Å². The van der Waals surface area contributed by atoms with Crippen LogP contribution < -0.4 is 0 Å². The maximum absolute atomic E-state index is 13.0. The van der Waals surface area contributed by atoms with Crippen LogP contribution in [-0.4, -0.2) is 96.3 Å². The Kier molecular flexibility index (Phi) is 7.33. The molecule has 0 bridgehead atoms. The van der Waals surface area contributed by atoms with Crippen LogP contribution in [0.1, 0.15) is 47.5 Å². The smallest absolute Gasteiger partial charge is 0.410 e. The van der Waals surface area contributed by atoms with Crippen LogP contribution >= 0.6 is 0 Å². The molecular weight excluding hydrogens is 384 g/mol. The number of rotatable bonds is 5. The predicted octanol–water partition coefficient (Wildman–Crippen LogP) is 1.12. The van der Waals surface area contributed by atoms with Gasteiger partial charge in [0.05, 0.1) is 0 Å². The Bertz CT molecular complexity index is 664. The lowest BCUT2D eigenvalue weighted by Crippen LogP contribution is -2.57.